The molecule has 5 nitrogen and oxygen atoms in total. The molecule has 0 atom stereocenters. The number of nitriles is 1. The van der Waals surface area contributed by atoms with E-state index in [-0.39, 0.29) is 11.6 Å². The Morgan fingerprint density at radius 2 is 1.85 bits per heavy atom. The standard InChI is InChI=1S/C19H18F3N3O2/c1-11(2)12(3)24-25-17(13-5-7-14(27-4)8-6-13)9-16(19(20,21)22)15(10-23)18(25)26/h5-9,11H,1-4H3/b24-12+. The first-order valence-electron chi connectivity index (χ1n) is 8.07. The van der Waals surface area contributed by atoms with Crippen molar-refractivity contribution in [2.24, 2.45) is 11.0 Å². The van der Waals surface area contributed by atoms with E-state index in [1.165, 1.54) is 25.3 Å². The van der Waals surface area contributed by atoms with Gasteiger partial charge in [-0.2, -0.15) is 28.2 Å². The van der Waals surface area contributed by atoms with Crippen molar-refractivity contribution in [3.63, 3.8) is 0 Å². The molecule has 0 aliphatic rings. The van der Waals surface area contributed by atoms with Crippen LogP contribution in [0.15, 0.2) is 40.2 Å². The number of ether oxygens (including phenoxy) is 1. The van der Waals surface area contributed by atoms with E-state index in [1.54, 1.807) is 19.1 Å². The van der Waals surface area contributed by atoms with Gasteiger partial charge >= 0.3 is 6.18 Å². The fraction of sp³-hybridized carbons (Fsp3) is 0.316. The van der Waals surface area contributed by atoms with Crippen LogP contribution in [0.5, 0.6) is 5.75 Å². The number of benzene rings is 1. The maximum absolute atomic E-state index is 13.4. The topological polar surface area (TPSA) is 67.4 Å². The van der Waals surface area contributed by atoms with Crippen molar-refractivity contribution >= 4 is 5.71 Å². The summed E-state index contributed by atoms with van der Waals surface area (Å²) in [5.74, 6) is 0.479. The number of hydrogen-bond donors (Lipinski definition) is 0. The van der Waals surface area contributed by atoms with Crippen LogP contribution < -0.4 is 10.3 Å². The van der Waals surface area contributed by atoms with Gasteiger partial charge in [-0.25, -0.2) is 0 Å². The zero-order chi connectivity index (χ0) is 20.4. The summed E-state index contributed by atoms with van der Waals surface area (Å²) in [5, 5.41) is 13.3. The molecule has 8 heteroatoms. The molecule has 1 aromatic heterocycles. The monoisotopic (exact) mass is 377 g/mol. The molecule has 1 heterocycles. The quantitative estimate of drug-likeness (QED) is 0.747. The lowest BCUT2D eigenvalue weighted by Gasteiger charge is -2.16. The maximum Gasteiger partial charge on any atom is 0.417 e. The van der Waals surface area contributed by atoms with Crippen molar-refractivity contribution in [3.8, 4) is 23.1 Å². The van der Waals surface area contributed by atoms with Crippen molar-refractivity contribution < 1.29 is 17.9 Å². The Bertz CT molecular complexity index is 966. The van der Waals surface area contributed by atoms with E-state index in [0.717, 1.165) is 10.7 Å². The molecule has 0 bridgehead atoms. The Kier molecular flexibility index (Phi) is 5.74. The van der Waals surface area contributed by atoms with Gasteiger partial charge in [-0.3, -0.25) is 4.79 Å². The largest absolute Gasteiger partial charge is 0.497 e. The summed E-state index contributed by atoms with van der Waals surface area (Å²) in [6.45, 7) is 5.34. The van der Waals surface area contributed by atoms with Crippen LogP contribution in [0, 0.1) is 17.2 Å². The Morgan fingerprint density at radius 1 is 1.26 bits per heavy atom. The molecule has 0 aliphatic heterocycles. The highest BCUT2D eigenvalue weighted by molar-refractivity contribution is 5.84. The molecule has 0 saturated heterocycles. The van der Waals surface area contributed by atoms with Gasteiger partial charge in [0.15, 0.2) is 0 Å². The van der Waals surface area contributed by atoms with E-state index >= 15 is 0 Å². The van der Waals surface area contributed by atoms with Crippen LogP contribution in [0.1, 0.15) is 31.9 Å². The number of methoxy groups -OCH3 is 1. The molecule has 0 unspecified atom stereocenters. The average molecular weight is 377 g/mol. The van der Waals surface area contributed by atoms with Crippen molar-refractivity contribution in [3.05, 3.63) is 51.8 Å². The fourth-order valence-corrected chi connectivity index (χ4v) is 2.27. The third-order valence-electron chi connectivity index (χ3n) is 4.08. The van der Waals surface area contributed by atoms with E-state index < -0.39 is 22.9 Å². The van der Waals surface area contributed by atoms with Crippen LogP contribution in [0.4, 0.5) is 13.2 Å². The molecule has 1 aromatic carbocycles. The lowest BCUT2D eigenvalue weighted by Crippen LogP contribution is -2.27. The molecule has 27 heavy (non-hydrogen) atoms. The summed E-state index contributed by atoms with van der Waals surface area (Å²) in [7, 11) is 1.46. The summed E-state index contributed by atoms with van der Waals surface area (Å²) < 4.78 is 46.1. The highest BCUT2D eigenvalue weighted by Gasteiger charge is 2.36. The first kappa shape index (κ1) is 20.2. The second-order valence-electron chi connectivity index (χ2n) is 6.17. The van der Waals surface area contributed by atoms with Gasteiger partial charge in [-0.15, -0.1) is 0 Å². The normalized spacial score (nSPS) is 12.2. The second kappa shape index (κ2) is 7.66. The number of rotatable bonds is 4. The van der Waals surface area contributed by atoms with Crippen LogP contribution in [-0.2, 0) is 6.18 Å². The predicted octanol–water partition coefficient (Wildman–Crippen LogP) is 4.29. The van der Waals surface area contributed by atoms with Crippen LogP contribution in [0.3, 0.4) is 0 Å². The van der Waals surface area contributed by atoms with Crippen LogP contribution in [-0.4, -0.2) is 17.5 Å². The highest BCUT2D eigenvalue weighted by atomic mass is 19.4. The zero-order valence-electron chi connectivity index (χ0n) is 15.3. The fourth-order valence-electron chi connectivity index (χ4n) is 2.27. The number of halogens is 3. The van der Waals surface area contributed by atoms with Crippen LogP contribution in [0.2, 0.25) is 0 Å². The number of pyridine rings is 1. The van der Waals surface area contributed by atoms with Crippen molar-refractivity contribution in [2.75, 3.05) is 7.11 Å². The Morgan fingerprint density at radius 3 is 2.30 bits per heavy atom. The third-order valence-corrected chi connectivity index (χ3v) is 4.08. The highest BCUT2D eigenvalue weighted by Crippen LogP contribution is 2.34. The summed E-state index contributed by atoms with van der Waals surface area (Å²) in [5.41, 5.74) is -2.57. The van der Waals surface area contributed by atoms with E-state index in [9.17, 15) is 18.0 Å². The lowest BCUT2D eigenvalue weighted by atomic mass is 10.0. The molecule has 0 radical (unpaired) electrons. The van der Waals surface area contributed by atoms with Crippen molar-refractivity contribution in [1.29, 1.82) is 5.26 Å². The summed E-state index contributed by atoms with van der Waals surface area (Å²) in [6, 6.07) is 8.32. The van der Waals surface area contributed by atoms with Gasteiger partial charge in [0.05, 0.1) is 18.4 Å². The second-order valence-corrected chi connectivity index (χ2v) is 6.17. The maximum atomic E-state index is 13.4. The molecular formula is C19H18F3N3O2. The average Bonchev–Trinajstić information content (AvgIpc) is 2.62. The van der Waals surface area contributed by atoms with E-state index in [1.807, 2.05) is 13.8 Å². The van der Waals surface area contributed by atoms with Crippen LogP contribution in [0.25, 0.3) is 11.3 Å². The van der Waals surface area contributed by atoms with Gasteiger partial charge in [-0.1, -0.05) is 13.8 Å². The molecular weight excluding hydrogens is 359 g/mol. The van der Waals surface area contributed by atoms with Gasteiger partial charge in [0.2, 0.25) is 0 Å². The van der Waals surface area contributed by atoms with E-state index in [0.29, 0.717) is 17.0 Å². The molecule has 0 fully saturated rings. The molecule has 0 amide bonds. The lowest BCUT2D eigenvalue weighted by molar-refractivity contribution is -0.137. The SMILES string of the molecule is COc1ccc(-c2cc(C(F)(F)F)c(C#N)c(=O)n2/N=C(\C)C(C)C)cc1. The molecule has 2 rings (SSSR count). The Balaban J connectivity index is 2.90. The van der Waals surface area contributed by atoms with Crippen molar-refractivity contribution in [1.82, 2.24) is 4.68 Å². The number of nitrogens with zero attached hydrogens (tertiary/aromatic N) is 3. The summed E-state index contributed by atoms with van der Waals surface area (Å²) >= 11 is 0. The molecule has 0 aliphatic carbocycles. The smallest absolute Gasteiger partial charge is 0.417 e. The molecule has 0 N–H and O–H groups in total. The van der Waals surface area contributed by atoms with Gasteiger partial charge in [0, 0.05) is 11.3 Å². The summed E-state index contributed by atoms with van der Waals surface area (Å²) in [6.07, 6.45) is -4.85. The molecule has 142 valence electrons. The minimum absolute atomic E-state index is 0.0338. The zero-order valence-corrected chi connectivity index (χ0v) is 15.3. The number of hydrogen-bond acceptors (Lipinski definition) is 4. The minimum Gasteiger partial charge on any atom is -0.497 e. The molecule has 0 saturated carbocycles. The Labute approximate surface area is 154 Å². The van der Waals surface area contributed by atoms with Crippen LogP contribution >= 0.6 is 0 Å². The first-order chi connectivity index (χ1) is 12.6. The summed E-state index contributed by atoms with van der Waals surface area (Å²) in [4.78, 5) is 12.7. The van der Waals surface area contributed by atoms with Gasteiger partial charge < -0.3 is 4.74 Å². The predicted molar refractivity (Wildman–Crippen MR) is 95.8 cm³/mol. The van der Waals surface area contributed by atoms with Gasteiger partial charge in [-0.05, 0) is 43.2 Å². The molecule has 2 aromatic rings. The number of alkyl halides is 3. The van der Waals surface area contributed by atoms with E-state index in [2.05, 4.69) is 5.10 Å². The molecule has 0 spiro atoms. The van der Waals surface area contributed by atoms with Gasteiger partial charge in [0.1, 0.15) is 17.4 Å². The first-order valence-corrected chi connectivity index (χ1v) is 8.07. The third kappa shape index (κ3) is 4.19. The van der Waals surface area contributed by atoms with Gasteiger partial charge in [0.25, 0.3) is 5.56 Å². The minimum atomic E-state index is -4.85. The number of aromatic nitrogens is 1. The van der Waals surface area contributed by atoms with Crippen molar-refractivity contribution in [2.45, 2.75) is 26.9 Å². The Hall–Kier alpha value is -3.08. The van der Waals surface area contributed by atoms with E-state index in [4.69, 9.17) is 10.00 Å².